The Balaban J connectivity index is 1.34. The molecule has 1 aromatic heterocycles. The minimum atomic E-state index is 0.111. The average Bonchev–Trinajstić information content (AvgIpc) is 3.20. The SMILES string of the molecule is COc1cccc(CN2CC3(CCN(Cc4noc(C)n4)CC3)CC2=O)c1. The highest BCUT2D eigenvalue weighted by atomic mass is 16.5. The molecular weight excluding hydrogens is 344 g/mol. The van der Waals surface area contributed by atoms with Gasteiger partial charge in [0, 0.05) is 26.4 Å². The molecule has 0 saturated carbocycles. The lowest BCUT2D eigenvalue weighted by Crippen LogP contribution is -2.41. The van der Waals surface area contributed by atoms with Crippen molar-refractivity contribution in [2.45, 2.75) is 39.3 Å². The van der Waals surface area contributed by atoms with Gasteiger partial charge >= 0.3 is 0 Å². The van der Waals surface area contributed by atoms with Crippen LogP contribution in [-0.4, -0.2) is 52.6 Å². The molecule has 0 N–H and O–H groups in total. The average molecular weight is 370 g/mol. The number of benzene rings is 1. The molecule has 1 amide bonds. The van der Waals surface area contributed by atoms with Gasteiger partial charge in [0.1, 0.15) is 5.75 Å². The van der Waals surface area contributed by atoms with Crippen LogP contribution in [0.5, 0.6) is 5.75 Å². The molecule has 2 saturated heterocycles. The second-order valence-corrected chi connectivity index (χ2v) is 7.78. The molecule has 0 aliphatic carbocycles. The van der Waals surface area contributed by atoms with Crippen molar-refractivity contribution in [2.75, 3.05) is 26.7 Å². The van der Waals surface area contributed by atoms with Crippen molar-refractivity contribution >= 4 is 5.91 Å². The highest BCUT2D eigenvalue weighted by Gasteiger charge is 2.44. The van der Waals surface area contributed by atoms with Crippen molar-refractivity contribution < 1.29 is 14.1 Å². The van der Waals surface area contributed by atoms with Gasteiger partial charge in [0.05, 0.1) is 13.7 Å². The largest absolute Gasteiger partial charge is 0.497 e. The molecule has 2 fully saturated rings. The number of nitrogens with zero attached hydrogens (tertiary/aromatic N) is 4. The maximum Gasteiger partial charge on any atom is 0.223 e. The second kappa shape index (κ2) is 7.31. The van der Waals surface area contributed by atoms with Gasteiger partial charge in [-0.2, -0.15) is 4.98 Å². The van der Waals surface area contributed by atoms with Gasteiger partial charge in [0.15, 0.2) is 5.82 Å². The Labute approximate surface area is 159 Å². The van der Waals surface area contributed by atoms with Gasteiger partial charge in [0.25, 0.3) is 0 Å². The van der Waals surface area contributed by atoms with Crippen LogP contribution in [0.2, 0.25) is 0 Å². The van der Waals surface area contributed by atoms with E-state index in [1.807, 2.05) is 30.0 Å². The molecule has 4 rings (SSSR count). The number of carbonyl (C=O) groups is 1. The summed E-state index contributed by atoms with van der Waals surface area (Å²) >= 11 is 0. The Morgan fingerprint density at radius 1 is 1.26 bits per heavy atom. The summed E-state index contributed by atoms with van der Waals surface area (Å²) in [6.45, 7) is 5.96. The number of carbonyl (C=O) groups excluding carboxylic acids is 1. The van der Waals surface area contributed by atoms with Crippen LogP contribution in [0.1, 0.15) is 36.5 Å². The van der Waals surface area contributed by atoms with Crippen LogP contribution in [0, 0.1) is 12.3 Å². The standard InChI is InChI=1S/C20H26N4O3/c1-15-21-18(22-27-15)13-23-8-6-20(7-9-23)11-19(25)24(14-20)12-16-4-3-5-17(10-16)26-2/h3-5,10H,6-9,11-14H2,1-2H3. The lowest BCUT2D eigenvalue weighted by Gasteiger charge is -2.38. The number of aromatic nitrogens is 2. The van der Waals surface area contributed by atoms with Crippen molar-refractivity contribution in [1.82, 2.24) is 19.9 Å². The molecule has 0 unspecified atom stereocenters. The first-order chi connectivity index (χ1) is 13.0. The third-order valence-corrected chi connectivity index (χ3v) is 5.76. The molecule has 7 heteroatoms. The van der Waals surface area contributed by atoms with Crippen LogP contribution in [0.4, 0.5) is 0 Å². The Kier molecular flexibility index (Phi) is 4.86. The summed E-state index contributed by atoms with van der Waals surface area (Å²) in [6.07, 6.45) is 2.72. The monoisotopic (exact) mass is 370 g/mol. The van der Waals surface area contributed by atoms with Crippen molar-refractivity contribution in [3.8, 4) is 5.75 Å². The Morgan fingerprint density at radius 2 is 2.07 bits per heavy atom. The number of rotatable bonds is 5. The summed E-state index contributed by atoms with van der Waals surface area (Å²) in [4.78, 5) is 21.3. The minimum Gasteiger partial charge on any atom is -0.497 e. The fourth-order valence-electron chi connectivity index (χ4n) is 4.24. The van der Waals surface area contributed by atoms with E-state index >= 15 is 0 Å². The van der Waals surface area contributed by atoms with E-state index in [2.05, 4.69) is 21.1 Å². The zero-order valence-corrected chi connectivity index (χ0v) is 16.0. The van der Waals surface area contributed by atoms with Crippen LogP contribution < -0.4 is 4.74 Å². The molecule has 3 heterocycles. The van der Waals surface area contributed by atoms with Crippen molar-refractivity contribution in [2.24, 2.45) is 5.41 Å². The molecule has 1 aromatic carbocycles. The van der Waals surface area contributed by atoms with Gasteiger partial charge < -0.3 is 14.2 Å². The van der Waals surface area contributed by atoms with E-state index in [0.717, 1.165) is 56.2 Å². The molecule has 1 spiro atoms. The number of aryl methyl sites for hydroxylation is 1. The Bertz CT molecular complexity index is 811. The quantitative estimate of drug-likeness (QED) is 0.805. The highest BCUT2D eigenvalue weighted by molar-refractivity contribution is 5.79. The number of ether oxygens (including phenoxy) is 1. The molecular formula is C20H26N4O3. The van der Waals surface area contributed by atoms with Crippen LogP contribution in [0.25, 0.3) is 0 Å². The van der Waals surface area contributed by atoms with E-state index in [9.17, 15) is 4.79 Å². The fourth-order valence-corrected chi connectivity index (χ4v) is 4.24. The molecule has 0 bridgehead atoms. The van der Waals surface area contributed by atoms with E-state index in [-0.39, 0.29) is 11.3 Å². The maximum atomic E-state index is 12.6. The van der Waals surface area contributed by atoms with E-state index in [1.54, 1.807) is 7.11 Å². The topological polar surface area (TPSA) is 71.7 Å². The molecule has 144 valence electrons. The predicted molar refractivity (Wildman–Crippen MR) is 99.0 cm³/mol. The van der Waals surface area contributed by atoms with Gasteiger partial charge in [0.2, 0.25) is 11.8 Å². The molecule has 0 radical (unpaired) electrons. The summed E-state index contributed by atoms with van der Waals surface area (Å²) in [5.74, 6) is 2.44. The second-order valence-electron chi connectivity index (χ2n) is 7.78. The number of likely N-dealkylation sites (tertiary alicyclic amines) is 2. The first kappa shape index (κ1) is 18.0. The molecule has 0 atom stereocenters. The zero-order chi connectivity index (χ0) is 18.9. The van der Waals surface area contributed by atoms with Gasteiger partial charge in [-0.05, 0) is 49.0 Å². The van der Waals surface area contributed by atoms with Crippen LogP contribution in [-0.2, 0) is 17.9 Å². The molecule has 27 heavy (non-hydrogen) atoms. The Morgan fingerprint density at radius 3 is 2.78 bits per heavy atom. The third-order valence-electron chi connectivity index (χ3n) is 5.76. The zero-order valence-electron chi connectivity index (χ0n) is 16.0. The maximum absolute atomic E-state index is 12.6. The number of amides is 1. The van der Waals surface area contributed by atoms with E-state index in [4.69, 9.17) is 9.26 Å². The summed E-state index contributed by atoms with van der Waals surface area (Å²) < 4.78 is 10.3. The van der Waals surface area contributed by atoms with Crippen molar-refractivity contribution in [3.05, 3.63) is 41.5 Å². The Hall–Kier alpha value is -2.41. The number of methoxy groups -OCH3 is 1. The molecule has 2 aliphatic heterocycles. The lowest BCUT2D eigenvalue weighted by molar-refractivity contribution is -0.128. The molecule has 2 aliphatic rings. The number of hydrogen-bond donors (Lipinski definition) is 0. The van der Waals surface area contributed by atoms with Crippen molar-refractivity contribution in [1.29, 1.82) is 0 Å². The fraction of sp³-hybridized carbons (Fsp3) is 0.550. The normalized spacial score (nSPS) is 19.8. The number of piperidine rings is 1. The van der Waals surface area contributed by atoms with E-state index < -0.39 is 0 Å². The van der Waals surface area contributed by atoms with Gasteiger partial charge in [-0.25, -0.2) is 0 Å². The van der Waals surface area contributed by atoms with Crippen LogP contribution in [0.3, 0.4) is 0 Å². The van der Waals surface area contributed by atoms with E-state index in [0.29, 0.717) is 18.9 Å². The van der Waals surface area contributed by atoms with Crippen LogP contribution in [0.15, 0.2) is 28.8 Å². The first-order valence-electron chi connectivity index (χ1n) is 9.48. The van der Waals surface area contributed by atoms with Crippen molar-refractivity contribution in [3.63, 3.8) is 0 Å². The van der Waals surface area contributed by atoms with Gasteiger partial charge in [-0.3, -0.25) is 9.69 Å². The highest BCUT2D eigenvalue weighted by Crippen LogP contribution is 2.41. The van der Waals surface area contributed by atoms with Gasteiger partial charge in [-0.15, -0.1) is 0 Å². The third kappa shape index (κ3) is 3.98. The molecule has 7 nitrogen and oxygen atoms in total. The van der Waals surface area contributed by atoms with E-state index in [1.165, 1.54) is 0 Å². The predicted octanol–water partition coefficient (Wildman–Crippen LogP) is 2.40. The minimum absolute atomic E-state index is 0.111. The first-order valence-corrected chi connectivity index (χ1v) is 9.48. The number of hydrogen-bond acceptors (Lipinski definition) is 6. The lowest BCUT2D eigenvalue weighted by atomic mass is 9.77. The van der Waals surface area contributed by atoms with Gasteiger partial charge in [-0.1, -0.05) is 17.3 Å². The molecule has 2 aromatic rings. The summed E-state index contributed by atoms with van der Waals surface area (Å²) in [5.41, 5.74) is 1.23. The summed E-state index contributed by atoms with van der Waals surface area (Å²) in [6, 6.07) is 7.96. The van der Waals surface area contributed by atoms with Crippen LogP contribution >= 0.6 is 0 Å². The summed E-state index contributed by atoms with van der Waals surface area (Å²) in [7, 11) is 1.67. The summed E-state index contributed by atoms with van der Waals surface area (Å²) in [5, 5.41) is 3.98. The smallest absolute Gasteiger partial charge is 0.223 e.